The lowest BCUT2D eigenvalue weighted by atomic mass is 9.98. The molecule has 2 saturated heterocycles. The average molecular weight is 382 g/mol. The third kappa shape index (κ3) is 4.32. The Labute approximate surface area is 149 Å². The smallest absolute Gasteiger partial charge is 0.335 e. The largest absolute Gasteiger partial charge is 0.479 e. The van der Waals surface area contributed by atoms with Crippen LogP contribution in [0.5, 0.6) is 0 Å². The molecule has 0 amide bonds. The van der Waals surface area contributed by atoms with Crippen molar-refractivity contribution in [3.8, 4) is 0 Å². The summed E-state index contributed by atoms with van der Waals surface area (Å²) in [7, 11) is 0. The summed E-state index contributed by atoms with van der Waals surface area (Å²) in [6.45, 7) is 3.31. The molecule has 0 spiro atoms. The first-order chi connectivity index (χ1) is 12.2. The molecule has 0 aliphatic carbocycles. The molecule has 2 aliphatic rings. The number of aliphatic hydroxyl groups excluding tert-OH is 5. The highest BCUT2D eigenvalue weighted by molar-refractivity contribution is 5.73. The van der Waals surface area contributed by atoms with Crippen molar-refractivity contribution < 1.29 is 54.4 Å². The maximum atomic E-state index is 11.5. The number of ether oxygens (including phenoxy) is 4. The molecule has 2 rings (SSSR count). The monoisotopic (exact) mass is 382 g/mol. The third-order valence-corrected chi connectivity index (χ3v) is 4.30. The molecule has 0 bridgehead atoms. The minimum absolute atomic E-state index is 0.180. The maximum absolute atomic E-state index is 11.5. The van der Waals surface area contributed by atoms with E-state index in [1.807, 2.05) is 0 Å². The van der Waals surface area contributed by atoms with Gasteiger partial charge in [-0.2, -0.15) is 0 Å². The van der Waals surface area contributed by atoms with E-state index in [1.165, 1.54) is 6.92 Å². The van der Waals surface area contributed by atoms with Crippen LogP contribution in [0.2, 0.25) is 0 Å². The third-order valence-electron chi connectivity index (χ3n) is 4.30. The zero-order chi connectivity index (χ0) is 19.6. The van der Waals surface area contributed by atoms with Crippen LogP contribution < -0.4 is 0 Å². The van der Waals surface area contributed by atoms with Gasteiger partial charge in [0.1, 0.15) is 36.6 Å². The molecule has 10 atom stereocenters. The van der Waals surface area contributed by atoms with Crippen molar-refractivity contribution in [1.82, 2.24) is 0 Å². The summed E-state index contributed by atoms with van der Waals surface area (Å²) in [6.07, 6.45) is -14.3. The summed E-state index contributed by atoms with van der Waals surface area (Å²) in [5.41, 5.74) is 0. The normalized spacial score (nSPS) is 44.8. The highest BCUT2D eigenvalue weighted by Crippen LogP contribution is 2.31. The Hall–Kier alpha value is -0.890. The molecule has 0 aromatic carbocycles. The Bertz CT molecular complexity index is 473. The van der Waals surface area contributed by atoms with Gasteiger partial charge in [0.25, 0.3) is 0 Å². The Morgan fingerprint density at radius 1 is 1.04 bits per heavy atom. The topological polar surface area (TPSA) is 175 Å². The standard InChI is InChI=1S/C15H26O11/c1-3-4-23-14-8(19)7(18)11(12(26-14)13(21)22)25-15-9(20)6(17)10(24-15)5(2)16/h5-12,14-20H,3-4H2,1-2H3,(H,21,22)/t5-,6-,7+,8+,9-,10+,11-,12-,14+,15-/m0/s1. The Balaban J connectivity index is 2.12. The van der Waals surface area contributed by atoms with Gasteiger partial charge in [0.05, 0.1) is 6.10 Å². The van der Waals surface area contributed by atoms with E-state index in [-0.39, 0.29) is 6.61 Å². The van der Waals surface area contributed by atoms with E-state index < -0.39 is 67.4 Å². The Morgan fingerprint density at radius 3 is 2.15 bits per heavy atom. The van der Waals surface area contributed by atoms with Crippen molar-refractivity contribution in [3.63, 3.8) is 0 Å². The van der Waals surface area contributed by atoms with Crippen LogP contribution in [-0.2, 0) is 23.7 Å². The van der Waals surface area contributed by atoms with Gasteiger partial charge in [-0.15, -0.1) is 0 Å². The average Bonchev–Trinajstić information content (AvgIpc) is 2.86. The van der Waals surface area contributed by atoms with Crippen LogP contribution in [0.25, 0.3) is 0 Å². The van der Waals surface area contributed by atoms with Gasteiger partial charge >= 0.3 is 5.97 Å². The molecular weight excluding hydrogens is 356 g/mol. The summed E-state index contributed by atoms with van der Waals surface area (Å²) in [6, 6.07) is 0. The van der Waals surface area contributed by atoms with Gasteiger partial charge in [-0.25, -0.2) is 4.79 Å². The Morgan fingerprint density at radius 2 is 1.65 bits per heavy atom. The van der Waals surface area contributed by atoms with Crippen molar-refractivity contribution in [2.75, 3.05) is 6.61 Å². The van der Waals surface area contributed by atoms with E-state index in [9.17, 15) is 35.4 Å². The van der Waals surface area contributed by atoms with E-state index in [1.54, 1.807) is 6.92 Å². The van der Waals surface area contributed by atoms with Gasteiger partial charge in [-0.1, -0.05) is 6.92 Å². The molecule has 0 radical (unpaired) electrons. The fourth-order valence-electron chi connectivity index (χ4n) is 2.90. The van der Waals surface area contributed by atoms with E-state index in [0.717, 1.165) is 0 Å². The highest BCUT2D eigenvalue weighted by atomic mass is 16.7. The zero-order valence-corrected chi connectivity index (χ0v) is 14.4. The summed E-state index contributed by atoms with van der Waals surface area (Å²) in [5.74, 6) is -1.48. The molecule has 2 fully saturated rings. The molecule has 11 nitrogen and oxygen atoms in total. The van der Waals surface area contributed by atoms with Gasteiger partial charge in [-0.05, 0) is 13.3 Å². The lowest BCUT2D eigenvalue weighted by Gasteiger charge is -2.41. The van der Waals surface area contributed by atoms with E-state index in [0.29, 0.717) is 6.42 Å². The fraction of sp³-hybridized carbons (Fsp3) is 0.933. The number of carbonyl (C=O) groups is 1. The second kappa shape index (κ2) is 8.87. The molecule has 6 N–H and O–H groups in total. The quantitative estimate of drug-likeness (QED) is 0.267. The molecule has 2 aliphatic heterocycles. The SMILES string of the molecule is CCCO[C@@H]1O[C@H](C(=O)O)[C@@H](O[C@@H]2O[C@H]([C@H](C)O)[C@@H](O)[C@@H]2O)[C@H](O)[C@H]1O. The number of rotatable bonds is 7. The highest BCUT2D eigenvalue weighted by Gasteiger charge is 2.53. The van der Waals surface area contributed by atoms with Crippen LogP contribution in [0.3, 0.4) is 0 Å². The fourth-order valence-corrected chi connectivity index (χ4v) is 2.90. The molecule has 0 aromatic rings. The number of hydrogen-bond acceptors (Lipinski definition) is 10. The van der Waals surface area contributed by atoms with Crippen LogP contribution >= 0.6 is 0 Å². The van der Waals surface area contributed by atoms with E-state index in [2.05, 4.69) is 0 Å². The lowest BCUT2D eigenvalue weighted by Crippen LogP contribution is -2.62. The summed E-state index contributed by atoms with van der Waals surface area (Å²) >= 11 is 0. The van der Waals surface area contributed by atoms with Crippen molar-refractivity contribution in [3.05, 3.63) is 0 Å². The molecule has 2 heterocycles. The molecule has 0 saturated carbocycles. The van der Waals surface area contributed by atoms with Crippen LogP contribution in [0.4, 0.5) is 0 Å². The van der Waals surface area contributed by atoms with Gasteiger partial charge in [0, 0.05) is 6.61 Å². The van der Waals surface area contributed by atoms with Crippen LogP contribution in [0, 0.1) is 0 Å². The maximum Gasteiger partial charge on any atom is 0.335 e. The number of carboxylic acid groups (broad SMARTS) is 1. The first-order valence-electron chi connectivity index (χ1n) is 8.40. The zero-order valence-electron chi connectivity index (χ0n) is 14.4. The van der Waals surface area contributed by atoms with Crippen molar-refractivity contribution in [2.24, 2.45) is 0 Å². The molecule has 11 heteroatoms. The second-order valence-electron chi connectivity index (χ2n) is 6.41. The van der Waals surface area contributed by atoms with Crippen molar-refractivity contribution in [2.45, 2.75) is 81.7 Å². The van der Waals surface area contributed by atoms with Gasteiger partial charge < -0.3 is 49.6 Å². The number of aliphatic carboxylic acids is 1. The summed E-state index contributed by atoms with van der Waals surface area (Å²) in [5, 5.41) is 59.1. The minimum atomic E-state index is -1.72. The van der Waals surface area contributed by atoms with Gasteiger partial charge in [-0.3, -0.25) is 0 Å². The lowest BCUT2D eigenvalue weighted by molar-refractivity contribution is -0.323. The predicted octanol–water partition coefficient (Wildman–Crippen LogP) is -2.84. The van der Waals surface area contributed by atoms with E-state index in [4.69, 9.17) is 18.9 Å². The van der Waals surface area contributed by atoms with Crippen LogP contribution in [-0.4, -0.2) is 105 Å². The number of hydrogen-bond donors (Lipinski definition) is 6. The van der Waals surface area contributed by atoms with Crippen molar-refractivity contribution >= 4 is 5.97 Å². The molecule has 26 heavy (non-hydrogen) atoms. The summed E-state index contributed by atoms with van der Waals surface area (Å²) < 4.78 is 20.9. The molecule has 0 unspecified atom stereocenters. The predicted molar refractivity (Wildman–Crippen MR) is 81.8 cm³/mol. The molecular formula is C15H26O11. The number of aliphatic hydroxyl groups is 5. The van der Waals surface area contributed by atoms with Gasteiger partial charge in [0.2, 0.25) is 0 Å². The Kier molecular flexibility index (Phi) is 7.30. The first kappa shape index (κ1) is 21.4. The van der Waals surface area contributed by atoms with Crippen LogP contribution in [0.15, 0.2) is 0 Å². The molecule has 152 valence electrons. The summed E-state index contributed by atoms with van der Waals surface area (Å²) in [4.78, 5) is 11.5. The second-order valence-corrected chi connectivity index (χ2v) is 6.41. The number of carboxylic acids is 1. The van der Waals surface area contributed by atoms with Gasteiger partial charge in [0.15, 0.2) is 18.7 Å². The van der Waals surface area contributed by atoms with E-state index >= 15 is 0 Å². The molecule has 0 aromatic heterocycles. The van der Waals surface area contributed by atoms with Crippen LogP contribution in [0.1, 0.15) is 20.3 Å². The van der Waals surface area contributed by atoms with Crippen molar-refractivity contribution in [1.29, 1.82) is 0 Å². The minimum Gasteiger partial charge on any atom is -0.479 e. The first-order valence-corrected chi connectivity index (χ1v) is 8.40.